The number of nitrogens with one attached hydrogen (secondary N) is 1. The first-order valence-corrected chi connectivity index (χ1v) is 6.36. The molecule has 0 radical (unpaired) electrons. The molecule has 0 bridgehead atoms. The van der Waals surface area contributed by atoms with E-state index in [1.807, 2.05) is 6.07 Å². The molecule has 6 nitrogen and oxygen atoms in total. The van der Waals surface area contributed by atoms with Crippen LogP contribution in [0, 0.1) is 0 Å². The smallest absolute Gasteiger partial charge is 0.328 e. The third-order valence-corrected chi connectivity index (χ3v) is 3.13. The molecule has 1 heterocycles. The third-order valence-electron chi connectivity index (χ3n) is 2.64. The molecule has 1 aromatic heterocycles. The standard InChI is InChI=1S/C12H12BrN3O3/c1-6(17)10(12(18)19)16-11-8-4-7(13)2-3-9(8)14-5-15-11/h2-6,10,17H,1H3,(H,18,19)(H,14,15,16)/t6-,10+/m1/s1. The van der Waals surface area contributed by atoms with E-state index in [0.29, 0.717) is 16.7 Å². The maximum atomic E-state index is 11.1. The van der Waals surface area contributed by atoms with E-state index in [-0.39, 0.29) is 0 Å². The van der Waals surface area contributed by atoms with Gasteiger partial charge in [-0.1, -0.05) is 15.9 Å². The van der Waals surface area contributed by atoms with Crippen molar-refractivity contribution in [3.8, 4) is 0 Å². The predicted molar refractivity (Wildman–Crippen MR) is 74.0 cm³/mol. The Morgan fingerprint density at radius 2 is 2.16 bits per heavy atom. The number of aliphatic hydroxyl groups excluding tert-OH is 1. The largest absolute Gasteiger partial charge is 0.480 e. The summed E-state index contributed by atoms with van der Waals surface area (Å²) in [7, 11) is 0. The monoisotopic (exact) mass is 325 g/mol. The van der Waals surface area contributed by atoms with Crippen LogP contribution in [0.1, 0.15) is 6.92 Å². The minimum Gasteiger partial charge on any atom is -0.480 e. The van der Waals surface area contributed by atoms with E-state index in [1.54, 1.807) is 12.1 Å². The first-order valence-electron chi connectivity index (χ1n) is 5.56. The van der Waals surface area contributed by atoms with Crippen molar-refractivity contribution in [3.05, 3.63) is 29.0 Å². The third kappa shape index (κ3) is 2.99. The Hall–Kier alpha value is -1.73. The number of anilines is 1. The molecule has 0 aliphatic carbocycles. The number of aliphatic carboxylic acids is 1. The highest BCUT2D eigenvalue weighted by atomic mass is 79.9. The lowest BCUT2D eigenvalue weighted by molar-refractivity contribution is -0.140. The fourth-order valence-electron chi connectivity index (χ4n) is 1.68. The van der Waals surface area contributed by atoms with Crippen LogP contribution in [0.25, 0.3) is 10.9 Å². The summed E-state index contributed by atoms with van der Waals surface area (Å²) in [5.41, 5.74) is 0.690. The number of halogens is 1. The number of fused-ring (bicyclic) bond motifs is 1. The van der Waals surface area contributed by atoms with E-state index in [1.165, 1.54) is 13.3 Å². The molecule has 19 heavy (non-hydrogen) atoms. The summed E-state index contributed by atoms with van der Waals surface area (Å²) in [5, 5.41) is 21.9. The molecule has 0 aliphatic heterocycles. The van der Waals surface area contributed by atoms with Crippen LogP contribution >= 0.6 is 15.9 Å². The Bertz CT molecular complexity index is 618. The van der Waals surface area contributed by atoms with Crippen molar-refractivity contribution in [2.24, 2.45) is 0 Å². The van der Waals surface area contributed by atoms with Crippen LogP contribution in [-0.2, 0) is 4.79 Å². The van der Waals surface area contributed by atoms with Gasteiger partial charge in [0.05, 0.1) is 11.6 Å². The lowest BCUT2D eigenvalue weighted by Crippen LogP contribution is -2.39. The Balaban J connectivity index is 2.44. The van der Waals surface area contributed by atoms with Crippen LogP contribution in [-0.4, -0.2) is 38.3 Å². The first kappa shape index (κ1) is 13.7. The number of hydrogen-bond donors (Lipinski definition) is 3. The van der Waals surface area contributed by atoms with Crippen molar-refractivity contribution in [2.45, 2.75) is 19.1 Å². The number of carboxylic acid groups (broad SMARTS) is 1. The molecule has 2 rings (SSSR count). The van der Waals surface area contributed by atoms with Gasteiger partial charge in [-0.05, 0) is 25.1 Å². The summed E-state index contributed by atoms with van der Waals surface area (Å²) in [6, 6.07) is 4.29. The van der Waals surface area contributed by atoms with Gasteiger partial charge in [-0.2, -0.15) is 0 Å². The first-order chi connectivity index (χ1) is 8.99. The predicted octanol–water partition coefficient (Wildman–Crippen LogP) is 1.64. The molecule has 0 saturated carbocycles. The molecule has 0 unspecified atom stereocenters. The second kappa shape index (κ2) is 5.50. The number of aromatic nitrogens is 2. The highest BCUT2D eigenvalue weighted by molar-refractivity contribution is 9.10. The van der Waals surface area contributed by atoms with Crippen LogP contribution in [0.4, 0.5) is 5.82 Å². The van der Waals surface area contributed by atoms with Gasteiger partial charge in [0, 0.05) is 9.86 Å². The van der Waals surface area contributed by atoms with Crippen LogP contribution in [0.15, 0.2) is 29.0 Å². The van der Waals surface area contributed by atoms with Crippen molar-refractivity contribution in [2.75, 3.05) is 5.32 Å². The summed E-state index contributed by atoms with van der Waals surface area (Å²) in [6.45, 7) is 1.41. The fourth-order valence-corrected chi connectivity index (χ4v) is 2.04. The second-order valence-electron chi connectivity index (χ2n) is 4.08. The lowest BCUT2D eigenvalue weighted by atomic mass is 10.1. The Labute approximate surface area is 117 Å². The molecule has 0 spiro atoms. The van der Waals surface area contributed by atoms with Gasteiger partial charge in [0.2, 0.25) is 0 Å². The van der Waals surface area contributed by atoms with Gasteiger partial charge < -0.3 is 15.5 Å². The molecule has 0 saturated heterocycles. The molecule has 7 heteroatoms. The van der Waals surface area contributed by atoms with E-state index in [9.17, 15) is 9.90 Å². The highest BCUT2D eigenvalue weighted by Gasteiger charge is 2.24. The molecule has 0 amide bonds. The number of rotatable bonds is 4. The molecule has 3 N–H and O–H groups in total. The van der Waals surface area contributed by atoms with E-state index < -0.39 is 18.1 Å². The molecule has 0 fully saturated rings. The van der Waals surface area contributed by atoms with Crippen molar-refractivity contribution < 1.29 is 15.0 Å². The number of hydrogen-bond acceptors (Lipinski definition) is 5. The summed E-state index contributed by atoms with van der Waals surface area (Å²) in [5.74, 6) is -0.767. The van der Waals surface area contributed by atoms with E-state index in [2.05, 4.69) is 31.2 Å². The zero-order valence-corrected chi connectivity index (χ0v) is 11.6. The number of aliphatic hydroxyl groups is 1. The van der Waals surface area contributed by atoms with E-state index in [0.717, 1.165) is 4.47 Å². The Morgan fingerprint density at radius 1 is 1.42 bits per heavy atom. The van der Waals surface area contributed by atoms with Crippen LogP contribution < -0.4 is 5.32 Å². The molecule has 2 aromatic rings. The average molecular weight is 326 g/mol. The number of carboxylic acids is 1. The van der Waals surface area contributed by atoms with Crippen molar-refractivity contribution >= 4 is 38.6 Å². The molecule has 1 aromatic carbocycles. The topological polar surface area (TPSA) is 95.3 Å². The van der Waals surface area contributed by atoms with Crippen molar-refractivity contribution in [1.82, 2.24) is 9.97 Å². The van der Waals surface area contributed by atoms with Gasteiger partial charge in [0.1, 0.15) is 12.1 Å². The number of nitrogens with zero attached hydrogens (tertiary/aromatic N) is 2. The van der Waals surface area contributed by atoms with Crippen LogP contribution in [0.5, 0.6) is 0 Å². The van der Waals surface area contributed by atoms with Crippen molar-refractivity contribution in [1.29, 1.82) is 0 Å². The fraction of sp³-hybridized carbons (Fsp3) is 0.250. The summed E-state index contributed by atoms with van der Waals surface area (Å²) in [6.07, 6.45) is 0.300. The SMILES string of the molecule is C[C@@H](O)[C@H](Nc1ncnc2ccc(Br)cc12)C(=O)O. The van der Waals surface area contributed by atoms with Gasteiger partial charge in [-0.15, -0.1) is 0 Å². The zero-order chi connectivity index (χ0) is 14.0. The van der Waals surface area contributed by atoms with Gasteiger partial charge in [0.15, 0.2) is 6.04 Å². The molecular weight excluding hydrogens is 314 g/mol. The maximum Gasteiger partial charge on any atom is 0.328 e. The summed E-state index contributed by atoms with van der Waals surface area (Å²) < 4.78 is 0.835. The highest BCUT2D eigenvalue weighted by Crippen LogP contribution is 2.24. The quantitative estimate of drug-likeness (QED) is 0.791. The second-order valence-corrected chi connectivity index (χ2v) is 5.00. The normalized spacial score (nSPS) is 14.1. The van der Waals surface area contributed by atoms with Crippen molar-refractivity contribution in [3.63, 3.8) is 0 Å². The van der Waals surface area contributed by atoms with Crippen LogP contribution in [0.3, 0.4) is 0 Å². The van der Waals surface area contributed by atoms with Gasteiger partial charge in [0.25, 0.3) is 0 Å². The van der Waals surface area contributed by atoms with Gasteiger partial charge in [-0.3, -0.25) is 0 Å². The minimum atomic E-state index is -1.14. The van der Waals surface area contributed by atoms with E-state index in [4.69, 9.17) is 5.11 Å². The Kier molecular flexibility index (Phi) is 3.96. The Morgan fingerprint density at radius 3 is 2.79 bits per heavy atom. The minimum absolute atomic E-state index is 0.375. The van der Waals surface area contributed by atoms with Gasteiger partial charge >= 0.3 is 5.97 Å². The average Bonchev–Trinajstić information content (AvgIpc) is 2.35. The molecule has 0 aliphatic rings. The van der Waals surface area contributed by atoms with Crippen LogP contribution in [0.2, 0.25) is 0 Å². The molecule has 100 valence electrons. The zero-order valence-electron chi connectivity index (χ0n) is 10.0. The molecule has 2 atom stereocenters. The molecular formula is C12H12BrN3O3. The van der Waals surface area contributed by atoms with E-state index >= 15 is 0 Å². The number of carbonyl (C=O) groups is 1. The van der Waals surface area contributed by atoms with Gasteiger partial charge in [-0.25, -0.2) is 14.8 Å². The lowest BCUT2D eigenvalue weighted by Gasteiger charge is -2.18. The summed E-state index contributed by atoms with van der Waals surface area (Å²) >= 11 is 3.34. The maximum absolute atomic E-state index is 11.1. The summed E-state index contributed by atoms with van der Waals surface area (Å²) in [4.78, 5) is 19.2. The number of benzene rings is 1.